The van der Waals surface area contributed by atoms with Crippen molar-refractivity contribution in [2.75, 3.05) is 5.32 Å². The van der Waals surface area contributed by atoms with Crippen LogP contribution in [0.2, 0.25) is 0 Å². The molecule has 0 unspecified atom stereocenters. The van der Waals surface area contributed by atoms with Gasteiger partial charge in [-0.15, -0.1) is 0 Å². The van der Waals surface area contributed by atoms with E-state index in [1.165, 1.54) is 12.3 Å². The van der Waals surface area contributed by atoms with Gasteiger partial charge in [-0.2, -0.15) is 5.10 Å². The molecule has 0 saturated carbocycles. The number of hydrogen-bond acceptors (Lipinski definition) is 3. The Labute approximate surface area is 161 Å². The minimum absolute atomic E-state index is 0.230. The number of rotatable bonds is 5. The van der Waals surface area contributed by atoms with Crippen molar-refractivity contribution in [3.8, 4) is 0 Å². The Kier molecular flexibility index (Phi) is 5.91. The van der Waals surface area contributed by atoms with Gasteiger partial charge in [-0.25, -0.2) is 9.82 Å². The van der Waals surface area contributed by atoms with Crippen LogP contribution in [0.25, 0.3) is 0 Å². The molecule has 5 nitrogen and oxygen atoms in total. The van der Waals surface area contributed by atoms with Crippen LogP contribution in [0, 0.1) is 12.7 Å². The molecule has 140 valence electrons. The van der Waals surface area contributed by atoms with Gasteiger partial charge in [-0.05, 0) is 49.4 Å². The molecule has 2 amide bonds. The first-order chi connectivity index (χ1) is 13.5. The highest BCUT2D eigenvalue weighted by atomic mass is 19.1. The number of aryl methyl sites for hydroxylation is 1. The molecule has 0 saturated heterocycles. The predicted molar refractivity (Wildman–Crippen MR) is 107 cm³/mol. The highest BCUT2D eigenvalue weighted by molar-refractivity contribution is 6.04. The number of hydrazone groups is 1. The number of carbonyl (C=O) groups excluding carboxylic acids is 2. The van der Waals surface area contributed by atoms with E-state index in [2.05, 4.69) is 15.8 Å². The smallest absolute Gasteiger partial charge is 0.271 e. The lowest BCUT2D eigenvalue weighted by molar-refractivity contribution is 0.0954. The van der Waals surface area contributed by atoms with Crippen molar-refractivity contribution < 1.29 is 14.0 Å². The van der Waals surface area contributed by atoms with Gasteiger partial charge >= 0.3 is 0 Å². The number of hydrogen-bond donors (Lipinski definition) is 2. The summed E-state index contributed by atoms with van der Waals surface area (Å²) in [6.07, 6.45) is 1.24. The highest BCUT2D eigenvalue weighted by Crippen LogP contribution is 2.12. The molecule has 0 aliphatic rings. The van der Waals surface area contributed by atoms with Crippen molar-refractivity contribution in [1.82, 2.24) is 5.43 Å². The molecule has 0 aliphatic heterocycles. The molecule has 0 fully saturated rings. The minimum atomic E-state index is -0.441. The average molecular weight is 375 g/mol. The van der Waals surface area contributed by atoms with Gasteiger partial charge in [0.25, 0.3) is 11.8 Å². The number of benzene rings is 3. The molecule has 0 heterocycles. The molecular formula is C22H18FN3O2. The van der Waals surface area contributed by atoms with Crippen LogP contribution in [0.4, 0.5) is 10.1 Å². The Morgan fingerprint density at radius 1 is 0.857 bits per heavy atom. The van der Waals surface area contributed by atoms with Crippen molar-refractivity contribution >= 4 is 23.7 Å². The molecule has 28 heavy (non-hydrogen) atoms. The maximum atomic E-state index is 13.5. The summed E-state index contributed by atoms with van der Waals surface area (Å²) in [6, 6.07) is 19.7. The summed E-state index contributed by atoms with van der Waals surface area (Å²) in [6.45, 7) is 1.95. The fourth-order valence-electron chi connectivity index (χ4n) is 2.42. The molecule has 3 rings (SSSR count). The SMILES string of the molecule is Cc1ccc(C(=O)Nc2ccc(C(=O)N/N=C\c3ccccc3F)cc2)cc1. The monoisotopic (exact) mass is 375 g/mol. The van der Waals surface area contributed by atoms with Gasteiger partial charge in [0, 0.05) is 22.4 Å². The number of carbonyl (C=O) groups is 2. The summed E-state index contributed by atoms with van der Waals surface area (Å²) in [7, 11) is 0. The maximum absolute atomic E-state index is 13.5. The van der Waals surface area contributed by atoms with Crippen molar-refractivity contribution in [2.45, 2.75) is 6.92 Å². The molecule has 0 atom stereocenters. The third-order valence-electron chi connectivity index (χ3n) is 3.99. The van der Waals surface area contributed by atoms with Crippen molar-refractivity contribution in [1.29, 1.82) is 0 Å². The topological polar surface area (TPSA) is 70.6 Å². The first-order valence-corrected chi connectivity index (χ1v) is 8.59. The van der Waals surface area contributed by atoms with Gasteiger partial charge in [0.05, 0.1) is 6.21 Å². The number of anilines is 1. The molecular weight excluding hydrogens is 357 g/mol. The van der Waals surface area contributed by atoms with Crippen LogP contribution in [0.3, 0.4) is 0 Å². The largest absolute Gasteiger partial charge is 0.322 e. The van der Waals surface area contributed by atoms with Gasteiger partial charge in [0.15, 0.2) is 0 Å². The standard InChI is InChI=1S/C22H18FN3O2/c1-15-6-8-16(9-7-15)21(27)25-19-12-10-17(11-13-19)22(28)26-24-14-18-4-2-3-5-20(18)23/h2-14H,1H3,(H,25,27)(H,26,28)/b24-14-. The first-order valence-electron chi connectivity index (χ1n) is 8.59. The highest BCUT2D eigenvalue weighted by Gasteiger charge is 2.08. The second-order valence-corrected chi connectivity index (χ2v) is 6.12. The minimum Gasteiger partial charge on any atom is -0.322 e. The second-order valence-electron chi connectivity index (χ2n) is 6.12. The van der Waals surface area contributed by atoms with E-state index < -0.39 is 11.7 Å². The lowest BCUT2D eigenvalue weighted by Crippen LogP contribution is -2.18. The summed E-state index contributed by atoms with van der Waals surface area (Å²) in [5.74, 6) is -1.09. The first kappa shape index (κ1) is 19.0. The van der Waals surface area contributed by atoms with Crippen molar-refractivity contribution in [3.63, 3.8) is 0 Å². The number of nitrogens with zero attached hydrogens (tertiary/aromatic N) is 1. The maximum Gasteiger partial charge on any atom is 0.271 e. The Balaban J connectivity index is 1.59. The van der Waals surface area contributed by atoms with E-state index in [-0.39, 0.29) is 11.5 Å². The Morgan fingerprint density at radius 3 is 2.14 bits per heavy atom. The third-order valence-corrected chi connectivity index (χ3v) is 3.99. The Hall–Kier alpha value is -3.80. The molecule has 0 bridgehead atoms. The molecule has 3 aromatic rings. The second kappa shape index (κ2) is 8.73. The van der Waals surface area contributed by atoms with Gasteiger partial charge in [0.2, 0.25) is 0 Å². The van der Waals surface area contributed by atoms with Gasteiger partial charge in [-0.3, -0.25) is 9.59 Å². The van der Waals surface area contributed by atoms with Gasteiger partial charge < -0.3 is 5.32 Å². The van der Waals surface area contributed by atoms with E-state index in [0.717, 1.165) is 5.56 Å². The summed E-state index contributed by atoms with van der Waals surface area (Å²) in [5, 5.41) is 6.53. The lowest BCUT2D eigenvalue weighted by Gasteiger charge is -2.06. The van der Waals surface area contributed by atoms with E-state index in [0.29, 0.717) is 16.8 Å². The normalized spacial score (nSPS) is 10.6. The molecule has 3 aromatic carbocycles. The van der Waals surface area contributed by atoms with E-state index in [9.17, 15) is 14.0 Å². The van der Waals surface area contributed by atoms with E-state index in [1.54, 1.807) is 54.6 Å². The molecule has 0 radical (unpaired) electrons. The molecule has 0 aromatic heterocycles. The number of amides is 2. The summed E-state index contributed by atoms with van der Waals surface area (Å²) in [5.41, 5.74) is 5.17. The summed E-state index contributed by atoms with van der Waals surface area (Å²) >= 11 is 0. The number of halogens is 1. The van der Waals surface area contributed by atoms with Gasteiger partial charge in [-0.1, -0.05) is 35.9 Å². The van der Waals surface area contributed by atoms with Crippen molar-refractivity contribution in [2.24, 2.45) is 5.10 Å². The van der Waals surface area contributed by atoms with Crippen LogP contribution < -0.4 is 10.7 Å². The molecule has 2 N–H and O–H groups in total. The zero-order chi connectivity index (χ0) is 19.9. The zero-order valence-electron chi connectivity index (χ0n) is 15.1. The lowest BCUT2D eigenvalue weighted by atomic mass is 10.1. The van der Waals surface area contributed by atoms with Crippen LogP contribution in [-0.4, -0.2) is 18.0 Å². The summed E-state index contributed by atoms with van der Waals surface area (Å²) < 4.78 is 13.5. The van der Waals surface area contributed by atoms with E-state index in [4.69, 9.17) is 0 Å². The van der Waals surface area contributed by atoms with Crippen LogP contribution >= 0.6 is 0 Å². The average Bonchev–Trinajstić information content (AvgIpc) is 2.70. The van der Waals surface area contributed by atoms with E-state index in [1.807, 2.05) is 19.1 Å². The number of nitrogens with one attached hydrogen (secondary N) is 2. The Morgan fingerprint density at radius 2 is 1.46 bits per heavy atom. The fraction of sp³-hybridized carbons (Fsp3) is 0.0455. The predicted octanol–water partition coefficient (Wildman–Crippen LogP) is 4.15. The van der Waals surface area contributed by atoms with Gasteiger partial charge in [0.1, 0.15) is 5.82 Å². The van der Waals surface area contributed by atoms with Crippen LogP contribution in [0.1, 0.15) is 31.8 Å². The Bertz CT molecular complexity index is 1010. The zero-order valence-corrected chi connectivity index (χ0v) is 15.1. The summed E-state index contributed by atoms with van der Waals surface area (Å²) in [4.78, 5) is 24.3. The quantitative estimate of drug-likeness (QED) is 0.519. The van der Waals surface area contributed by atoms with Crippen LogP contribution in [0.15, 0.2) is 77.9 Å². The van der Waals surface area contributed by atoms with E-state index >= 15 is 0 Å². The molecule has 0 aliphatic carbocycles. The third kappa shape index (κ3) is 4.88. The van der Waals surface area contributed by atoms with Crippen LogP contribution in [-0.2, 0) is 0 Å². The van der Waals surface area contributed by atoms with Crippen molar-refractivity contribution in [3.05, 3.63) is 101 Å². The fourth-order valence-corrected chi connectivity index (χ4v) is 2.42. The molecule has 6 heteroatoms. The molecule has 0 spiro atoms. The van der Waals surface area contributed by atoms with Crippen LogP contribution in [0.5, 0.6) is 0 Å².